The Morgan fingerprint density at radius 3 is 3.00 bits per heavy atom. The van der Waals surface area contributed by atoms with Gasteiger partial charge >= 0.3 is 0 Å². The normalized spacial score (nSPS) is 16.8. The van der Waals surface area contributed by atoms with Crippen molar-refractivity contribution in [1.82, 2.24) is 20.0 Å². The summed E-state index contributed by atoms with van der Waals surface area (Å²) >= 11 is 0. The Labute approximate surface area is 107 Å². The molecular formula is C12H21N5O. The van der Waals surface area contributed by atoms with Gasteiger partial charge in [-0.05, 0) is 32.9 Å². The Hall–Kier alpha value is -1.56. The zero-order valence-electron chi connectivity index (χ0n) is 11.0. The molecule has 0 aromatic carbocycles. The number of carbonyl (C=O) groups is 1. The van der Waals surface area contributed by atoms with Crippen LogP contribution in [-0.4, -0.2) is 46.3 Å². The molecule has 6 nitrogen and oxygen atoms in total. The first kappa shape index (κ1) is 12.9. The van der Waals surface area contributed by atoms with Crippen molar-refractivity contribution in [1.29, 1.82) is 0 Å². The fourth-order valence-electron chi connectivity index (χ4n) is 1.92. The number of hydrogen-bond acceptors (Lipinski definition) is 4. The highest BCUT2D eigenvalue weighted by molar-refractivity contribution is 5.75. The van der Waals surface area contributed by atoms with Gasteiger partial charge in [0.05, 0.1) is 0 Å². The fraction of sp³-hybridized carbons (Fsp3) is 0.667. The van der Waals surface area contributed by atoms with Crippen LogP contribution in [0.2, 0.25) is 0 Å². The van der Waals surface area contributed by atoms with Gasteiger partial charge < -0.3 is 11.1 Å². The molecule has 1 aliphatic rings. The molecule has 100 valence electrons. The molecule has 3 N–H and O–H groups in total. The monoisotopic (exact) mass is 251 g/mol. The van der Waals surface area contributed by atoms with Crippen LogP contribution >= 0.6 is 0 Å². The van der Waals surface area contributed by atoms with E-state index in [0.29, 0.717) is 24.4 Å². The van der Waals surface area contributed by atoms with Crippen LogP contribution in [0.4, 0.5) is 5.82 Å². The number of anilines is 1. The van der Waals surface area contributed by atoms with Gasteiger partial charge in [0.1, 0.15) is 12.4 Å². The second-order valence-electron chi connectivity index (χ2n) is 4.99. The van der Waals surface area contributed by atoms with Crippen molar-refractivity contribution in [3.63, 3.8) is 0 Å². The van der Waals surface area contributed by atoms with Crippen LogP contribution < -0.4 is 11.1 Å². The van der Waals surface area contributed by atoms with Crippen LogP contribution in [0, 0.1) is 0 Å². The predicted octanol–water partition coefficient (Wildman–Crippen LogP) is 0.0642. The number of rotatable bonds is 6. The van der Waals surface area contributed by atoms with Crippen LogP contribution in [-0.2, 0) is 11.3 Å². The number of amides is 1. The molecule has 2 rings (SSSR count). The minimum absolute atomic E-state index is 0.0332. The van der Waals surface area contributed by atoms with Crippen LogP contribution in [0.5, 0.6) is 0 Å². The van der Waals surface area contributed by atoms with E-state index in [2.05, 4.69) is 29.3 Å². The third-order valence-corrected chi connectivity index (χ3v) is 3.38. The van der Waals surface area contributed by atoms with E-state index in [9.17, 15) is 4.79 Å². The van der Waals surface area contributed by atoms with Crippen LogP contribution in [0.25, 0.3) is 0 Å². The highest BCUT2D eigenvalue weighted by Crippen LogP contribution is 2.26. The SMILES string of the molecule is CC(CNC(=O)Cn1ccc(N)n1)N(C)C1CC1. The van der Waals surface area contributed by atoms with E-state index in [1.807, 2.05) is 0 Å². The summed E-state index contributed by atoms with van der Waals surface area (Å²) in [6, 6.07) is 2.75. The Morgan fingerprint density at radius 2 is 2.44 bits per heavy atom. The van der Waals surface area contributed by atoms with Gasteiger partial charge in [-0.2, -0.15) is 5.10 Å². The highest BCUT2D eigenvalue weighted by atomic mass is 16.2. The first-order chi connectivity index (χ1) is 8.56. The van der Waals surface area contributed by atoms with Gasteiger partial charge in [-0.1, -0.05) is 0 Å². The standard InChI is InChI=1S/C12H21N5O/c1-9(16(2)10-3-4-10)7-14-12(18)8-17-6-5-11(13)15-17/h5-6,9-10H,3-4,7-8H2,1-2H3,(H2,13,15)(H,14,18). The molecule has 18 heavy (non-hydrogen) atoms. The molecule has 1 aliphatic carbocycles. The van der Waals surface area contributed by atoms with Gasteiger partial charge in [0.25, 0.3) is 0 Å². The average Bonchev–Trinajstić information content (AvgIpc) is 3.10. The second-order valence-corrected chi connectivity index (χ2v) is 4.99. The molecule has 0 spiro atoms. The molecule has 1 amide bonds. The minimum Gasteiger partial charge on any atom is -0.382 e. The summed E-state index contributed by atoms with van der Waals surface area (Å²) in [5, 5.41) is 6.90. The lowest BCUT2D eigenvalue weighted by molar-refractivity contribution is -0.122. The van der Waals surface area contributed by atoms with Gasteiger partial charge in [0, 0.05) is 24.8 Å². The number of nitrogens with two attached hydrogens (primary N) is 1. The number of aromatic nitrogens is 2. The number of nitrogens with one attached hydrogen (secondary N) is 1. The van der Waals surface area contributed by atoms with E-state index in [0.717, 1.165) is 0 Å². The molecule has 1 atom stereocenters. The van der Waals surface area contributed by atoms with Gasteiger partial charge in [-0.3, -0.25) is 14.4 Å². The van der Waals surface area contributed by atoms with Crippen molar-refractivity contribution < 1.29 is 4.79 Å². The predicted molar refractivity (Wildman–Crippen MR) is 69.9 cm³/mol. The van der Waals surface area contributed by atoms with Crippen LogP contribution in [0.1, 0.15) is 19.8 Å². The molecule has 0 bridgehead atoms. The van der Waals surface area contributed by atoms with Crippen molar-refractivity contribution in [3.05, 3.63) is 12.3 Å². The summed E-state index contributed by atoms with van der Waals surface area (Å²) in [7, 11) is 2.11. The molecule has 6 heteroatoms. The van der Waals surface area contributed by atoms with Gasteiger partial charge in [-0.25, -0.2) is 0 Å². The molecule has 1 heterocycles. The first-order valence-electron chi connectivity index (χ1n) is 6.34. The molecule has 1 fully saturated rings. The van der Waals surface area contributed by atoms with E-state index in [4.69, 9.17) is 5.73 Å². The highest BCUT2D eigenvalue weighted by Gasteiger charge is 2.29. The van der Waals surface area contributed by atoms with E-state index >= 15 is 0 Å². The molecule has 1 aromatic rings. The smallest absolute Gasteiger partial charge is 0.241 e. The van der Waals surface area contributed by atoms with Crippen LogP contribution in [0.15, 0.2) is 12.3 Å². The first-order valence-corrected chi connectivity index (χ1v) is 6.34. The van der Waals surface area contributed by atoms with Crippen molar-refractivity contribution >= 4 is 11.7 Å². The van der Waals surface area contributed by atoms with Crippen LogP contribution in [0.3, 0.4) is 0 Å². The quantitative estimate of drug-likeness (QED) is 0.750. The molecule has 1 unspecified atom stereocenters. The van der Waals surface area contributed by atoms with E-state index in [1.54, 1.807) is 16.9 Å². The molecule has 0 saturated heterocycles. The Morgan fingerprint density at radius 1 is 1.72 bits per heavy atom. The zero-order chi connectivity index (χ0) is 13.1. The molecule has 0 aliphatic heterocycles. The average molecular weight is 251 g/mol. The lowest BCUT2D eigenvalue weighted by Gasteiger charge is -2.24. The third kappa shape index (κ3) is 3.46. The number of nitrogen functional groups attached to an aromatic ring is 1. The number of likely N-dealkylation sites (N-methyl/N-ethyl adjacent to an activating group) is 1. The van der Waals surface area contributed by atoms with Crippen molar-refractivity contribution in [2.45, 2.75) is 38.4 Å². The molecule has 1 saturated carbocycles. The third-order valence-electron chi connectivity index (χ3n) is 3.38. The summed E-state index contributed by atoms with van der Waals surface area (Å²) in [4.78, 5) is 14.0. The Balaban J connectivity index is 1.70. The Kier molecular flexibility index (Phi) is 3.86. The van der Waals surface area contributed by atoms with Gasteiger partial charge in [0.2, 0.25) is 5.91 Å². The summed E-state index contributed by atoms with van der Waals surface area (Å²) < 4.78 is 1.54. The molecular weight excluding hydrogens is 230 g/mol. The summed E-state index contributed by atoms with van der Waals surface area (Å²) in [6.07, 6.45) is 4.26. The molecule has 1 aromatic heterocycles. The fourth-order valence-corrected chi connectivity index (χ4v) is 1.92. The summed E-state index contributed by atoms with van der Waals surface area (Å²) in [6.45, 7) is 3.02. The maximum atomic E-state index is 11.7. The van der Waals surface area contributed by atoms with E-state index in [1.165, 1.54) is 12.8 Å². The van der Waals surface area contributed by atoms with Gasteiger partial charge in [-0.15, -0.1) is 0 Å². The summed E-state index contributed by atoms with van der Waals surface area (Å²) in [5.74, 6) is 0.402. The maximum absolute atomic E-state index is 11.7. The van der Waals surface area contributed by atoms with E-state index < -0.39 is 0 Å². The number of hydrogen-bond donors (Lipinski definition) is 2. The molecule has 0 radical (unpaired) electrons. The number of nitrogens with zero attached hydrogens (tertiary/aromatic N) is 3. The topological polar surface area (TPSA) is 76.2 Å². The lowest BCUT2D eigenvalue weighted by Crippen LogP contribution is -2.42. The second kappa shape index (κ2) is 5.39. The Bertz CT molecular complexity index is 412. The van der Waals surface area contributed by atoms with E-state index in [-0.39, 0.29) is 12.5 Å². The van der Waals surface area contributed by atoms with Crippen molar-refractivity contribution in [3.8, 4) is 0 Å². The van der Waals surface area contributed by atoms with Crippen molar-refractivity contribution in [2.75, 3.05) is 19.3 Å². The largest absolute Gasteiger partial charge is 0.382 e. The van der Waals surface area contributed by atoms with Crippen molar-refractivity contribution in [2.24, 2.45) is 0 Å². The summed E-state index contributed by atoms with van der Waals surface area (Å²) in [5.41, 5.74) is 5.49. The zero-order valence-corrected chi connectivity index (χ0v) is 11.0. The minimum atomic E-state index is -0.0332. The maximum Gasteiger partial charge on any atom is 0.241 e. The number of carbonyl (C=O) groups excluding carboxylic acids is 1. The van der Waals surface area contributed by atoms with Gasteiger partial charge in [0.15, 0.2) is 0 Å². The lowest BCUT2D eigenvalue weighted by atomic mass is 10.3.